The lowest BCUT2D eigenvalue weighted by molar-refractivity contribution is -0.0329. The Morgan fingerprint density at radius 2 is 1.95 bits per heavy atom. The van der Waals surface area contributed by atoms with Crippen LogP contribution in [-0.2, 0) is 4.74 Å². The predicted octanol–water partition coefficient (Wildman–Crippen LogP) is 1.90. The molecular formula is C14H36N3OP. The van der Waals surface area contributed by atoms with Crippen molar-refractivity contribution >= 4 is 8.58 Å². The molecule has 1 aliphatic rings. The van der Waals surface area contributed by atoms with Gasteiger partial charge in [-0.25, -0.2) is 0 Å². The van der Waals surface area contributed by atoms with E-state index in [4.69, 9.17) is 10.5 Å². The number of hydrogen-bond donors (Lipinski definition) is 1. The smallest absolute Gasteiger partial charge is 0.0829 e. The van der Waals surface area contributed by atoms with Crippen molar-refractivity contribution in [3.63, 3.8) is 0 Å². The molecule has 118 valence electrons. The van der Waals surface area contributed by atoms with Crippen molar-refractivity contribution in [2.24, 2.45) is 5.73 Å². The van der Waals surface area contributed by atoms with E-state index >= 15 is 0 Å². The van der Waals surface area contributed by atoms with E-state index in [1.807, 2.05) is 27.7 Å². The fourth-order valence-electron chi connectivity index (χ4n) is 1.91. The molecular weight excluding hydrogens is 257 g/mol. The van der Waals surface area contributed by atoms with Crippen LogP contribution in [0.5, 0.6) is 0 Å². The third-order valence-electron chi connectivity index (χ3n) is 2.63. The Hall–Kier alpha value is 0.270. The van der Waals surface area contributed by atoms with E-state index in [0.717, 1.165) is 54.2 Å². The number of nitrogens with two attached hydrogens (primary N) is 1. The zero-order valence-corrected chi connectivity index (χ0v) is 14.9. The minimum atomic E-state index is 0.367. The molecule has 0 aromatic heterocycles. The average Bonchev–Trinajstić information content (AvgIpc) is 2.44. The van der Waals surface area contributed by atoms with Gasteiger partial charge in [0.15, 0.2) is 0 Å². The van der Waals surface area contributed by atoms with Crippen LogP contribution in [0.25, 0.3) is 0 Å². The van der Waals surface area contributed by atoms with Crippen molar-refractivity contribution in [3.05, 3.63) is 0 Å². The van der Waals surface area contributed by atoms with Gasteiger partial charge >= 0.3 is 0 Å². The van der Waals surface area contributed by atoms with E-state index in [1.54, 1.807) is 0 Å². The van der Waals surface area contributed by atoms with E-state index in [0.29, 0.717) is 6.10 Å². The summed E-state index contributed by atoms with van der Waals surface area (Å²) in [5.41, 5.74) is 5.60. The molecule has 0 spiro atoms. The van der Waals surface area contributed by atoms with Gasteiger partial charge in [-0.2, -0.15) is 0 Å². The van der Waals surface area contributed by atoms with E-state index in [-0.39, 0.29) is 0 Å². The zero-order chi connectivity index (χ0) is 15.1. The Morgan fingerprint density at radius 1 is 1.32 bits per heavy atom. The largest absolute Gasteiger partial charge is 0.374 e. The van der Waals surface area contributed by atoms with Gasteiger partial charge in [-0.05, 0) is 13.7 Å². The highest BCUT2D eigenvalue weighted by atomic mass is 31.1. The predicted molar refractivity (Wildman–Crippen MR) is 89.7 cm³/mol. The lowest BCUT2D eigenvalue weighted by atomic mass is 10.2. The molecule has 1 heterocycles. The molecule has 1 fully saturated rings. The first-order valence-corrected chi connectivity index (χ1v) is 9.34. The van der Waals surface area contributed by atoms with Crippen LogP contribution in [0, 0.1) is 0 Å². The topological polar surface area (TPSA) is 41.7 Å². The molecule has 2 unspecified atom stereocenters. The SMILES string of the molecule is CC.CC.CPCN(CCN)CC1CN(C)CCO1. The Labute approximate surface area is 122 Å². The van der Waals surface area contributed by atoms with Crippen LogP contribution in [0.3, 0.4) is 0 Å². The monoisotopic (exact) mass is 293 g/mol. The summed E-state index contributed by atoms with van der Waals surface area (Å²) in [6.45, 7) is 16.0. The summed E-state index contributed by atoms with van der Waals surface area (Å²) in [7, 11) is 3.12. The molecule has 0 saturated carbocycles. The Morgan fingerprint density at radius 3 is 2.42 bits per heavy atom. The normalized spacial score (nSPS) is 19.9. The fourth-order valence-corrected chi connectivity index (χ4v) is 2.64. The molecule has 1 saturated heterocycles. The van der Waals surface area contributed by atoms with Gasteiger partial charge in [0.25, 0.3) is 0 Å². The van der Waals surface area contributed by atoms with E-state index in [9.17, 15) is 0 Å². The third kappa shape index (κ3) is 11.8. The van der Waals surface area contributed by atoms with Crippen LogP contribution < -0.4 is 5.73 Å². The summed E-state index contributed by atoms with van der Waals surface area (Å²) in [5.74, 6) is 0. The molecule has 0 radical (unpaired) electrons. The number of nitrogens with zero attached hydrogens (tertiary/aromatic N) is 2. The summed E-state index contributed by atoms with van der Waals surface area (Å²) in [5, 5.41) is 0. The highest BCUT2D eigenvalue weighted by molar-refractivity contribution is 7.36. The van der Waals surface area contributed by atoms with Gasteiger partial charge in [0.2, 0.25) is 0 Å². The highest BCUT2D eigenvalue weighted by Gasteiger charge is 2.19. The first-order chi connectivity index (χ1) is 9.26. The van der Waals surface area contributed by atoms with Gasteiger partial charge in [-0.3, -0.25) is 4.90 Å². The molecule has 2 atom stereocenters. The fraction of sp³-hybridized carbons (Fsp3) is 1.00. The molecule has 0 bridgehead atoms. The minimum absolute atomic E-state index is 0.367. The number of likely N-dealkylation sites (N-methyl/N-ethyl adjacent to an activating group) is 1. The lowest BCUT2D eigenvalue weighted by Gasteiger charge is -2.33. The Balaban J connectivity index is 0. The first-order valence-electron chi connectivity index (χ1n) is 7.63. The molecule has 0 amide bonds. The van der Waals surface area contributed by atoms with Crippen LogP contribution in [0.1, 0.15) is 27.7 Å². The molecule has 0 aliphatic carbocycles. The van der Waals surface area contributed by atoms with E-state index in [2.05, 4.69) is 23.5 Å². The van der Waals surface area contributed by atoms with Crippen molar-refractivity contribution in [1.82, 2.24) is 9.80 Å². The van der Waals surface area contributed by atoms with Crippen molar-refractivity contribution in [3.8, 4) is 0 Å². The van der Waals surface area contributed by atoms with Gasteiger partial charge in [0.05, 0.1) is 12.7 Å². The van der Waals surface area contributed by atoms with Gasteiger partial charge in [-0.15, -0.1) is 8.58 Å². The number of ether oxygens (including phenoxy) is 1. The van der Waals surface area contributed by atoms with E-state index in [1.165, 1.54) is 0 Å². The van der Waals surface area contributed by atoms with Crippen LogP contribution >= 0.6 is 8.58 Å². The minimum Gasteiger partial charge on any atom is -0.374 e. The third-order valence-corrected chi connectivity index (χ3v) is 3.39. The molecule has 4 nitrogen and oxygen atoms in total. The highest BCUT2D eigenvalue weighted by Crippen LogP contribution is 2.10. The van der Waals surface area contributed by atoms with Gasteiger partial charge in [0, 0.05) is 39.0 Å². The maximum atomic E-state index is 5.75. The van der Waals surface area contributed by atoms with Crippen LogP contribution in [-0.4, -0.2) is 75.2 Å². The number of rotatable bonds is 6. The summed E-state index contributed by atoms with van der Waals surface area (Å²) < 4.78 is 5.75. The first kappa shape index (κ1) is 21.6. The molecule has 1 aliphatic heterocycles. The summed E-state index contributed by atoms with van der Waals surface area (Å²) in [4.78, 5) is 4.76. The molecule has 0 aromatic carbocycles. The Kier molecular flexibility index (Phi) is 18.5. The second kappa shape index (κ2) is 16.3. The summed E-state index contributed by atoms with van der Waals surface area (Å²) in [6, 6.07) is 0. The maximum absolute atomic E-state index is 5.75. The van der Waals surface area contributed by atoms with Gasteiger partial charge in [0.1, 0.15) is 0 Å². The second-order valence-electron chi connectivity index (χ2n) is 4.13. The molecule has 1 rings (SSSR count). The maximum Gasteiger partial charge on any atom is 0.0829 e. The zero-order valence-electron chi connectivity index (χ0n) is 13.9. The van der Waals surface area contributed by atoms with Crippen molar-refractivity contribution < 1.29 is 4.74 Å². The van der Waals surface area contributed by atoms with Crippen LogP contribution in [0.4, 0.5) is 0 Å². The lowest BCUT2D eigenvalue weighted by Crippen LogP contribution is -2.46. The average molecular weight is 293 g/mol. The van der Waals surface area contributed by atoms with Crippen molar-refractivity contribution in [2.75, 3.05) is 59.3 Å². The number of hydrogen-bond acceptors (Lipinski definition) is 4. The van der Waals surface area contributed by atoms with Gasteiger partial charge < -0.3 is 15.4 Å². The standard InChI is InChI=1S/C10H24N3OP.2C2H6/c1-12-5-6-14-10(7-12)8-13(4-3-11)9-15-2;2*1-2/h10,15H,3-9,11H2,1-2H3;2*1-2H3. The Bertz CT molecular complexity index is 164. The molecule has 2 N–H and O–H groups in total. The van der Waals surface area contributed by atoms with Gasteiger partial charge in [-0.1, -0.05) is 27.7 Å². The quantitative estimate of drug-likeness (QED) is 0.760. The molecule has 0 aromatic rings. The van der Waals surface area contributed by atoms with Crippen molar-refractivity contribution in [2.45, 2.75) is 33.8 Å². The summed E-state index contributed by atoms with van der Waals surface area (Å²) in [6.07, 6.45) is 1.52. The molecule has 19 heavy (non-hydrogen) atoms. The second-order valence-corrected chi connectivity index (χ2v) is 5.16. The summed E-state index contributed by atoms with van der Waals surface area (Å²) >= 11 is 0. The van der Waals surface area contributed by atoms with Crippen LogP contribution in [0.15, 0.2) is 0 Å². The van der Waals surface area contributed by atoms with Crippen LogP contribution in [0.2, 0.25) is 0 Å². The van der Waals surface area contributed by atoms with Crippen molar-refractivity contribution in [1.29, 1.82) is 0 Å². The number of morpholine rings is 1. The molecule has 5 heteroatoms. The van der Waals surface area contributed by atoms with E-state index < -0.39 is 0 Å².